The standard InChI is InChI=1S/C14H23N7O2/c1-11-14(23)18(2)7-8-20(11)13(22)10-21-12(15-16-17-21)9-19-5-3-4-6-19/h11H,3-10H2,1-2H3/t11-/m0/s1. The van der Waals surface area contributed by atoms with Crippen LogP contribution in [0, 0.1) is 0 Å². The summed E-state index contributed by atoms with van der Waals surface area (Å²) in [6.07, 6.45) is 2.39. The molecular formula is C14H23N7O2. The quantitative estimate of drug-likeness (QED) is 0.704. The van der Waals surface area contributed by atoms with E-state index in [-0.39, 0.29) is 18.4 Å². The van der Waals surface area contributed by atoms with Gasteiger partial charge in [0, 0.05) is 20.1 Å². The van der Waals surface area contributed by atoms with Crippen LogP contribution in [0.1, 0.15) is 25.6 Å². The molecule has 126 valence electrons. The number of hydrogen-bond acceptors (Lipinski definition) is 6. The van der Waals surface area contributed by atoms with Gasteiger partial charge in [0.25, 0.3) is 0 Å². The fourth-order valence-electron chi connectivity index (χ4n) is 3.17. The lowest BCUT2D eigenvalue weighted by Crippen LogP contribution is -2.57. The molecule has 2 fully saturated rings. The Hall–Kier alpha value is -2.03. The number of nitrogens with zero attached hydrogens (tertiary/aromatic N) is 7. The highest BCUT2D eigenvalue weighted by molar-refractivity contribution is 5.88. The molecule has 1 aromatic rings. The normalized spacial score (nSPS) is 22.9. The molecule has 2 amide bonds. The van der Waals surface area contributed by atoms with Crippen molar-refractivity contribution in [2.24, 2.45) is 0 Å². The summed E-state index contributed by atoms with van der Waals surface area (Å²) in [4.78, 5) is 30.1. The monoisotopic (exact) mass is 321 g/mol. The van der Waals surface area contributed by atoms with Gasteiger partial charge in [-0.25, -0.2) is 4.68 Å². The van der Waals surface area contributed by atoms with Gasteiger partial charge in [0.05, 0.1) is 6.54 Å². The van der Waals surface area contributed by atoms with Crippen molar-refractivity contribution in [3.63, 3.8) is 0 Å². The van der Waals surface area contributed by atoms with E-state index in [0.717, 1.165) is 13.1 Å². The zero-order valence-corrected chi connectivity index (χ0v) is 13.7. The Bertz CT molecular complexity index is 581. The fraction of sp³-hybridized carbons (Fsp3) is 0.786. The molecule has 9 heteroatoms. The molecule has 0 saturated carbocycles. The van der Waals surface area contributed by atoms with E-state index >= 15 is 0 Å². The summed E-state index contributed by atoms with van der Waals surface area (Å²) in [6.45, 7) is 5.71. The zero-order valence-electron chi connectivity index (χ0n) is 13.7. The number of amides is 2. The minimum atomic E-state index is -0.431. The molecule has 2 saturated heterocycles. The molecule has 0 aliphatic carbocycles. The third-order valence-corrected chi connectivity index (χ3v) is 4.65. The number of tetrazole rings is 1. The van der Waals surface area contributed by atoms with Crippen molar-refractivity contribution in [2.75, 3.05) is 33.2 Å². The molecule has 0 aromatic carbocycles. The second-order valence-corrected chi connectivity index (χ2v) is 6.26. The smallest absolute Gasteiger partial charge is 0.245 e. The van der Waals surface area contributed by atoms with Gasteiger partial charge in [-0.15, -0.1) is 5.10 Å². The molecule has 0 bridgehead atoms. The molecule has 3 heterocycles. The van der Waals surface area contributed by atoms with Gasteiger partial charge in [-0.2, -0.15) is 0 Å². The first-order valence-corrected chi connectivity index (χ1v) is 8.08. The van der Waals surface area contributed by atoms with E-state index in [1.807, 2.05) is 0 Å². The maximum absolute atomic E-state index is 12.5. The van der Waals surface area contributed by atoms with Crippen LogP contribution in [0.2, 0.25) is 0 Å². The zero-order chi connectivity index (χ0) is 16.4. The van der Waals surface area contributed by atoms with Crippen LogP contribution in [0.5, 0.6) is 0 Å². The van der Waals surface area contributed by atoms with Crippen molar-refractivity contribution in [2.45, 2.75) is 38.9 Å². The van der Waals surface area contributed by atoms with Crippen molar-refractivity contribution in [1.82, 2.24) is 34.9 Å². The molecule has 1 aromatic heterocycles. The van der Waals surface area contributed by atoms with Crippen molar-refractivity contribution < 1.29 is 9.59 Å². The van der Waals surface area contributed by atoms with Crippen LogP contribution in [-0.2, 0) is 22.7 Å². The fourth-order valence-corrected chi connectivity index (χ4v) is 3.17. The van der Waals surface area contributed by atoms with Gasteiger partial charge in [-0.3, -0.25) is 14.5 Å². The van der Waals surface area contributed by atoms with Crippen LogP contribution in [0.3, 0.4) is 0 Å². The van der Waals surface area contributed by atoms with Gasteiger partial charge >= 0.3 is 0 Å². The van der Waals surface area contributed by atoms with E-state index in [9.17, 15) is 9.59 Å². The van der Waals surface area contributed by atoms with Crippen molar-refractivity contribution in [3.8, 4) is 0 Å². The summed E-state index contributed by atoms with van der Waals surface area (Å²) in [5.41, 5.74) is 0. The van der Waals surface area contributed by atoms with E-state index in [4.69, 9.17) is 0 Å². The third-order valence-electron chi connectivity index (χ3n) is 4.65. The van der Waals surface area contributed by atoms with E-state index in [1.165, 1.54) is 12.8 Å². The second-order valence-electron chi connectivity index (χ2n) is 6.26. The molecule has 9 nitrogen and oxygen atoms in total. The highest BCUT2D eigenvalue weighted by atomic mass is 16.2. The SMILES string of the molecule is C[C@H]1C(=O)N(C)CCN1C(=O)Cn1nnnc1CN1CCCC1. The molecule has 0 radical (unpaired) electrons. The predicted molar refractivity (Wildman–Crippen MR) is 81.1 cm³/mol. The number of aromatic nitrogens is 4. The summed E-state index contributed by atoms with van der Waals surface area (Å²) >= 11 is 0. The Morgan fingerprint density at radius 2 is 1.96 bits per heavy atom. The number of carbonyl (C=O) groups excluding carboxylic acids is 2. The number of rotatable bonds is 4. The second kappa shape index (κ2) is 6.61. The summed E-state index contributed by atoms with van der Waals surface area (Å²) in [6, 6.07) is -0.431. The third kappa shape index (κ3) is 3.34. The highest BCUT2D eigenvalue weighted by Crippen LogP contribution is 2.13. The summed E-state index contributed by atoms with van der Waals surface area (Å²) in [5, 5.41) is 11.7. The van der Waals surface area contributed by atoms with Crippen LogP contribution in [-0.4, -0.2) is 86.0 Å². The van der Waals surface area contributed by atoms with Crippen LogP contribution < -0.4 is 0 Å². The lowest BCUT2D eigenvalue weighted by molar-refractivity contribution is -0.149. The molecule has 23 heavy (non-hydrogen) atoms. The van der Waals surface area contributed by atoms with Crippen molar-refractivity contribution in [3.05, 3.63) is 5.82 Å². The minimum Gasteiger partial charge on any atom is -0.342 e. The van der Waals surface area contributed by atoms with Gasteiger partial charge in [0.15, 0.2) is 5.82 Å². The largest absolute Gasteiger partial charge is 0.342 e. The first-order valence-electron chi connectivity index (χ1n) is 8.08. The Labute approximate surface area is 135 Å². The van der Waals surface area contributed by atoms with Gasteiger partial charge in [0.1, 0.15) is 12.6 Å². The number of likely N-dealkylation sites (tertiary alicyclic amines) is 1. The predicted octanol–water partition coefficient (Wildman–Crippen LogP) is -1.04. The van der Waals surface area contributed by atoms with Gasteiger partial charge in [-0.05, 0) is 43.3 Å². The average Bonchev–Trinajstić information content (AvgIpc) is 3.18. The maximum atomic E-state index is 12.5. The Morgan fingerprint density at radius 1 is 1.22 bits per heavy atom. The Kier molecular flexibility index (Phi) is 4.56. The molecule has 0 N–H and O–H groups in total. The van der Waals surface area contributed by atoms with Crippen LogP contribution in [0.4, 0.5) is 0 Å². The molecule has 2 aliphatic rings. The lowest BCUT2D eigenvalue weighted by atomic mass is 10.2. The number of likely N-dealkylation sites (N-methyl/N-ethyl adjacent to an activating group) is 1. The minimum absolute atomic E-state index is 0.0291. The van der Waals surface area contributed by atoms with Gasteiger partial charge < -0.3 is 9.80 Å². The van der Waals surface area contributed by atoms with Crippen LogP contribution in [0.25, 0.3) is 0 Å². The topological polar surface area (TPSA) is 87.5 Å². The van der Waals surface area contributed by atoms with E-state index in [2.05, 4.69) is 20.4 Å². The maximum Gasteiger partial charge on any atom is 0.245 e. The van der Waals surface area contributed by atoms with E-state index in [1.54, 1.807) is 28.5 Å². The Balaban J connectivity index is 1.64. The lowest BCUT2D eigenvalue weighted by Gasteiger charge is -2.37. The average molecular weight is 321 g/mol. The van der Waals surface area contributed by atoms with E-state index < -0.39 is 6.04 Å². The highest BCUT2D eigenvalue weighted by Gasteiger charge is 2.32. The number of hydrogen-bond donors (Lipinski definition) is 0. The molecular weight excluding hydrogens is 298 g/mol. The Morgan fingerprint density at radius 3 is 2.70 bits per heavy atom. The first-order chi connectivity index (χ1) is 11.1. The summed E-state index contributed by atoms with van der Waals surface area (Å²) < 4.78 is 1.55. The molecule has 0 spiro atoms. The van der Waals surface area contributed by atoms with Crippen LogP contribution in [0.15, 0.2) is 0 Å². The van der Waals surface area contributed by atoms with Crippen molar-refractivity contribution >= 4 is 11.8 Å². The number of carbonyl (C=O) groups is 2. The number of piperazine rings is 1. The molecule has 2 aliphatic heterocycles. The summed E-state index contributed by atoms with van der Waals surface area (Å²) in [5.74, 6) is 0.556. The molecule has 0 unspecified atom stereocenters. The van der Waals surface area contributed by atoms with Gasteiger partial charge in [0.2, 0.25) is 11.8 Å². The molecule has 1 atom stereocenters. The summed E-state index contributed by atoms with van der Waals surface area (Å²) in [7, 11) is 1.76. The van der Waals surface area contributed by atoms with Gasteiger partial charge in [-0.1, -0.05) is 0 Å². The van der Waals surface area contributed by atoms with Crippen molar-refractivity contribution in [1.29, 1.82) is 0 Å². The molecule has 3 rings (SSSR count). The first kappa shape index (κ1) is 15.9. The van der Waals surface area contributed by atoms with Crippen LogP contribution >= 0.6 is 0 Å². The van der Waals surface area contributed by atoms with E-state index in [0.29, 0.717) is 25.5 Å².